The molecule has 0 radical (unpaired) electrons. The van der Waals surface area contributed by atoms with Crippen molar-refractivity contribution in [2.75, 3.05) is 16.4 Å². The van der Waals surface area contributed by atoms with Crippen molar-refractivity contribution in [3.05, 3.63) is 106 Å². The molecule has 1 aromatic heterocycles. The lowest BCUT2D eigenvalue weighted by atomic mass is 9.94. The number of nitrogens with one attached hydrogen (secondary N) is 2. The van der Waals surface area contributed by atoms with Crippen LogP contribution >= 0.6 is 11.8 Å². The second-order valence-electron chi connectivity index (χ2n) is 10.0. The minimum atomic E-state index is -0.476. The number of thioether (sulfide) groups is 1. The second-order valence-corrected chi connectivity index (χ2v) is 11.1. The number of hydrogen-bond donors (Lipinski definition) is 2. The monoisotopic (exact) mass is 553 g/mol. The Kier molecular flexibility index (Phi) is 8.55. The van der Waals surface area contributed by atoms with Crippen LogP contribution in [0.4, 0.5) is 11.6 Å². The van der Waals surface area contributed by atoms with E-state index in [9.17, 15) is 4.79 Å². The molecule has 40 heavy (non-hydrogen) atoms. The van der Waals surface area contributed by atoms with E-state index in [4.69, 9.17) is 14.8 Å². The number of nitrogens with zero attached hydrogens (tertiary/aromatic N) is 3. The highest BCUT2D eigenvalue weighted by Crippen LogP contribution is 2.38. The molecule has 206 valence electrons. The first-order valence-corrected chi connectivity index (χ1v) is 14.6. The van der Waals surface area contributed by atoms with E-state index in [-0.39, 0.29) is 5.91 Å². The van der Waals surface area contributed by atoms with E-state index in [1.54, 1.807) is 11.8 Å². The van der Waals surface area contributed by atoms with Gasteiger partial charge < -0.3 is 15.4 Å². The lowest BCUT2D eigenvalue weighted by Crippen LogP contribution is -2.31. The summed E-state index contributed by atoms with van der Waals surface area (Å²) >= 11 is 1.63. The molecule has 1 unspecified atom stereocenters. The maximum Gasteiger partial charge on any atom is 0.255 e. The standard InChI is InChI=1S/C32H35N5O2S/c1-5-6-17-40-32-35-31-33-23(4)28(30(38)34-26-15-9-11-21(2)18-26)29(37(31)36-32)24-14-10-16-27(19-24)39-20-25-13-8-7-12-22(25)3/h7-16,18-19,29H,5-6,17,20H2,1-4H3,(H,34,38)(H,33,35,36). The summed E-state index contributed by atoms with van der Waals surface area (Å²) in [5.41, 5.74) is 6.37. The second kappa shape index (κ2) is 12.4. The zero-order chi connectivity index (χ0) is 28.1. The van der Waals surface area contributed by atoms with Crippen LogP contribution in [0.1, 0.15) is 55.0 Å². The minimum Gasteiger partial charge on any atom is -0.489 e. The zero-order valence-electron chi connectivity index (χ0n) is 23.4. The van der Waals surface area contributed by atoms with E-state index in [2.05, 4.69) is 36.6 Å². The average Bonchev–Trinajstić information content (AvgIpc) is 3.34. The van der Waals surface area contributed by atoms with E-state index >= 15 is 0 Å². The Hall–Kier alpha value is -4.04. The SMILES string of the molecule is CCCCSc1nc2n(n1)C(c1cccc(OCc3ccccc3C)c1)C(C(=O)Nc1cccc(C)c1)=C(C)N2. The van der Waals surface area contributed by atoms with Crippen molar-refractivity contribution < 1.29 is 9.53 Å². The Labute approximate surface area is 240 Å². The van der Waals surface area contributed by atoms with Gasteiger partial charge in [-0.05, 0) is 73.7 Å². The quantitative estimate of drug-likeness (QED) is 0.159. The van der Waals surface area contributed by atoms with Crippen molar-refractivity contribution in [3.63, 3.8) is 0 Å². The van der Waals surface area contributed by atoms with Crippen LogP contribution in [0.15, 0.2) is 89.2 Å². The van der Waals surface area contributed by atoms with Gasteiger partial charge in [-0.25, -0.2) is 4.68 Å². The maximum atomic E-state index is 13.8. The van der Waals surface area contributed by atoms with Crippen molar-refractivity contribution in [3.8, 4) is 5.75 Å². The molecular weight excluding hydrogens is 518 g/mol. The van der Waals surface area contributed by atoms with E-state index in [0.717, 1.165) is 52.4 Å². The molecule has 0 aliphatic carbocycles. The maximum absolute atomic E-state index is 13.8. The molecule has 4 aromatic rings. The first-order chi connectivity index (χ1) is 19.4. The molecule has 1 atom stereocenters. The van der Waals surface area contributed by atoms with Crippen LogP contribution in [0.2, 0.25) is 0 Å². The molecule has 8 heteroatoms. The van der Waals surface area contributed by atoms with Gasteiger partial charge in [-0.2, -0.15) is 4.98 Å². The van der Waals surface area contributed by atoms with Gasteiger partial charge in [-0.3, -0.25) is 4.79 Å². The molecule has 0 saturated heterocycles. The van der Waals surface area contributed by atoms with Gasteiger partial charge in [0.2, 0.25) is 11.1 Å². The third-order valence-corrected chi connectivity index (χ3v) is 7.84. The molecule has 5 rings (SSSR count). The van der Waals surface area contributed by atoms with Gasteiger partial charge in [0.25, 0.3) is 5.91 Å². The first-order valence-electron chi connectivity index (χ1n) is 13.7. The molecule has 0 fully saturated rings. The average molecular weight is 554 g/mol. The number of unbranched alkanes of at least 4 members (excludes halogenated alkanes) is 1. The predicted octanol–water partition coefficient (Wildman–Crippen LogP) is 7.29. The number of allylic oxidation sites excluding steroid dienone is 1. The number of amides is 1. The largest absolute Gasteiger partial charge is 0.489 e. The summed E-state index contributed by atoms with van der Waals surface area (Å²) in [6.45, 7) is 8.64. The Morgan fingerprint density at radius 1 is 1.05 bits per heavy atom. The third-order valence-electron chi connectivity index (χ3n) is 6.91. The van der Waals surface area contributed by atoms with Gasteiger partial charge in [0.1, 0.15) is 18.4 Å². The molecule has 0 spiro atoms. The highest BCUT2D eigenvalue weighted by molar-refractivity contribution is 7.99. The Balaban J connectivity index is 1.49. The normalized spacial score (nSPS) is 14.4. The highest BCUT2D eigenvalue weighted by atomic mass is 32.2. The summed E-state index contributed by atoms with van der Waals surface area (Å²) in [4.78, 5) is 18.6. The molecule has 0 saturated carbocycles. The number of aromatic nitrogens is 3. The summed E-state index contributed by atoms with van der Waals surface area (Å²) in [6, 6.07) is 23.4. The van der Waals surface area contributed by atoms with Crippen molar-refractivity contribution in [1.82, 2.24) is 14.8 Å². The molecule has 1 amide bonds. The van der Waals surface area contributed by atoms with Crippen LogP contribution in [0.25, 0.3) is 0 Å². The Bertz CT molecular complexity index is 1540. The number of aryl methyl sites for hydroxylation is 2. The molecule has 1 aliphatic rings. The smallest absolute Gasteiger partial charge is 0.255 e. The van der Waals surface area contributed by atoms with Gasteiger partial charge in [0, 0.05) is 17.1 Å². The molecular formula is C32H35N5O2S. The molecule has 2 heterocycles. The van der Waals surface area contributed by atoms with Crippen LogP contribution in [0.3, 0.4) is 0 Å². The summed E-state index contributed by atoms with van der Waals surface area (Å²) < 4.78 is 8.04. The van der Waals surface area contributed by atoms with Gasteiger partial charge in [-0.1, -0.05) is 73.6 Å². The van der Waals surface area contributed by atoms with Crippen LogP contribution in [0.5, 0.6) is 5.75 Å². The fraction of sp³-hybridized carbons (Fsp3) is 0.281. The number of ether oxygens (including phenoxy) is 1. The third kappa shape index (κ3) is 6.23. The lowest BCUT2D eigenvalue weighted by molar-refractivity contribution is -0.113. The van der Waals surface area contributed by atoms with E-state index in [1.807, 2.05) is 79.2 Å². The van der Waals surface area contributed by atoms with Gasteiger partial charge in [0.05, 0.1) is 5.57 Å². The van der Waals surface area contributed by atoms with Gasteiger partial charge in [-0.15, -0.1) is 5.10 Å². The molecule has 0 bridgehead atoms. The number of hydrogen-bond acceptors (Lipinski definition) is 6. The Morgan fingerprint density at radius 2 is 1.88 bits per heavy atom. The van der Waals surface area contributed by atoms with Crippen molar-refractivity contribution >= 4 is 29.3 Å². The van der Waals surface area contributed by atoms with Gasteiger partial charge >= 0.3 is 0 Å². The van der Waals surface area contributed by atoms with Crippen molar-refractivity contribution in [2.45, 2.75) is 58.3 Å². The minimum absolute atomic E-state index is 0.187. The fourth-order valence-electron chi connectivity index (χ4n) is 4.73. The summed E-state index contributed by atoms with van der Waals surface area (Å²) in [5.74, 6) is 2.11. The van der Waals surface area contributed by atoms with Crippen LogP contribution < -0.4 is 15.4 Å². The topological polar surface area (TPSA) is 81.1 Å². The number of fused-ring (bicyclic) bond motifs is 1. The number of carbonyl (C=O) groups is 1. The summed E-state index contributed by atoms with van der Waals surface area (Å²) in [5, 5.41) is 12.0. The molecule has 3 aromatic carbocycles. The van der Waals surface area contributed by atoms with Crippen LogP contribution in [0, 0.1) is 13.8 Å². The molecule has 7 nitrogen and oxygen atoms in total. The summed E-state index contributed by atoms with van der Waals surface area (Å²) in [7, 11) is 0. The highest BCUT2D eigenvalue weighted by Gasteiger charge is 2.34. The Morgan fingerprint density at radius 3 is 2.67 bits per heavy atom. The number of rotatable bonds is 10. The van der Waals surface area contributed by atoms with Crippen LogP contribution in [-0.4, -0.2) is 26.4 Å². The summed E-state index contributed by atoms with van der Waals surface area (Å²) in [6.07, 6.45) is 2.20. The predicted molar refractivity (Wildman–Crippen MR) is 162 cm³/mol. The lowest BCUT2D eigenvalue weighted by Gasteiger charge is -2.29. The molecule has 1 aliphatic heterocycles. The van der Waals surface area contributed by atoms with Crippen molar-refractivity contribution in [2.24, 2.45) is 0 Å². The van der Waals surface area contributed by atoms with E-state index < -0.39 is 6.04 Å². The molecule has 2 N–H and O–H groups in total. The van der Waals surface area contributed by atoms with Crippen molar-refractivity contribution in [1.29, 1.82) is 0 Å². The number of carbonyl (C=O) groups excluding carboxylic acids is 1. The first kappa shape index (κ1) is 27.5. The fourth-order valence-corrected chi connectivity index (χ4v) is 5.64. The number of anilines is 2. The van der Waals surface area contributed by atoms with E-state index in [0.29, 0.717) is 23.3 Å². The van der Waals surface area contributed by atoms with Gasteiger partial charge in [0.15, 0.2) is 0 Å². The number of benzene rings is 3. The van der Waals surface area contributed by atoms with Crippen LogP contribution in [-0.2, 0) is 11.4 Å². The zero-order valence-corrected chi connectivity index (χ0v) is 24.2. The van der Waals surface area contributed by atoms with E-state index in [1.165, 1.54) is 5.56 Å².